The summed E-state index contributed by atoms with van der Waals surface area (Å²) in [5.41, 5.74) is -1.74. The second-order valence-corrected chi connectivity index (χ2v) is 5.42. The Morgan fingerprint density at radius 3 is 2.62 bits per heavy atom. The topological polar surface area (TPSA) is 46.5 Å². The summed E-state index contributed by atoms with van der Waals surface area (Å²) in [5.74, 6) is -0.132. The van der Waals surface area contributed by atoms with Gasteiger partial charge in [0.05, 0.1) is 17.6 Å². The molecule has 16 heavy (non-hydrogen) atoms. The Morgan fingerprint density at radius 2 is 2.12 bits per heavy atom. The maximum Gasteiger partial charge on any atom is 0.314 e. The van der Waals surface area contributed by atoms with Crippen molar-refractivity contribution in [3.63, 3.8) is 0 Å². The molecule has 0 spiro atoms. The first-order valence-electron chi connectivity index (χ1n) is 6.26. The van der Waals surface area contributed by atoms with E-state index in [0.29, 0.717) is 13.0 Å². The summed E-state index contributed by atoms with van der Waals surface area (Å²) < 4.78 is 5.07. The highest BCUT2D eigenvalue weighted by molar-refractivity contribution is 5.77. The van der Waals surface area contributed by atoms with E-state index in [1.807, 2.05) is 6.92 Å². The lowest BCUT2D eigenvalue weighted by Crippen LogP contribution is -2.55. The molecular formula is C13H24O3. The predicted octanol–water partition coefficient (Wildman–Crippen LogP) is 2.52. The first-order chi connectivity index (χ1) is 7.36. The summed E-state index contributed by atoms with van der Waals surface area (Å²) in [7, 11) is 0. The number of carbonyl (C=O) groups is 1. The lowest BCUT2D eigenvalue weighted by molar-refractivity contribution is -0.183. The molecule has 1 fully saturated rings. The Morgan fingerprint density at radius 1 is 1.50 bits per heavy atom. The molecule has 3 nitrogen and oxygen atoms in total. The van der Waals surface area contributed by atoms with Gasteiger partial charge in [-0.25, -0.2) is 0 Å². The predicted molar refractivity (Wildman–Crippen MR) is 63.0 cm³/mol. The summed E-state index contributed by atoms with van der Waals surface area (Å²) in [4.78, 5) is 11.9. The van der Waals surface area contributed by atoms with E-state index in [9.17, 15) is 9.90 Å². The number of rotatable bonds is 3. The normalized spacial score (nSPS) is 31.2. The molecule has 1 aliphatic carbocycles. The molecule has 94 valence electrons. The molecule has 2 unspecified atom stereocenters. The lowest BCUT2D eigenvalue weighted by atomic mass is 9.62. The van der Waals surface area contributed by atoms with E-state index in [0.717, 1.165) is 19.3 Å². The Hall–Kier alpha value is -0.570. The lowest BCUT2D eigenvalue weighted by Gasteiger charge is -2.47. The molecule has 3 heteroatoms. The SMILES string of the molecule is CCOC(=O)C(C)(C)C1(O)CCCCC1C. The van der Waals surface area contributed by atoms with Crippen molar-refractivity contribution in [1.29, 1.82) is 0 Å². The molecule has 2 atom stereocenters. The molecule has 0 bridgehead atoms. The number of esters is 1. The third-order valence-electron chi connectivity index (χ3n) is 4.13. The van der Waals surface area contributed by atoms with E-state index in [2.05, 4.69) is 0 Å². The van der Waals surface area contributed by atoms with Gasteiger partial charge in [-0.15, -0.1) is 0 Å². The van der Waals surface area contributed by atoms with Gasteiger partial charge in [-0.2, -0.15) is 0 Å². The van der Waals surface area contributed by atoms with Crippen molar-refractivity contribution in [2.24, 2.45) is 11.3 Å². The van der Waals surface area contributed by atoms with Gasteiger partial charge in [0.25, 0.3) is 0 Å². The summed E-state index contributed by atoms with van der Waals surface area (Å²) in [6.45, 7) is 7.79. The standard InChI is InChI=1S/C13H24O3/c1-5-16-11(14)12(3,4)13(15)9-7-6-8-10(13)2/h10,15H,5-9H2,1-4H3. The van der Waals surface area contributed by atoms with Crippen LogP contribution in [0.1, 0.15) is 53.4 Å². The fourth-order valence-electron chi connectivity index (χ4n) is 2.75. The molecule has 0 amide bonds. The van der Waals surface area contributed by atoms with Crippen LogP contribution in [0.5, 0.6) is 0 Å². The van der Waals surface area contributed by atoms with Gasteiger partial charge in [0.2, 0.25) is 0 Å². The van der Waals surface area contributed by atoms with Crippen molar-refractivity contribution in [1.82, 2.24) is 0 Å². The van der Waals surface area contributed by atoms with Crippen molar-refractivity contribution < 1.29 is 14.6 Å². The van der Waals surface area contributed by atoms with E-state index in [1.54, 1.807) is 20.8 Å². The number of carbonyl (C=O) groups excluding carboxylic acids is 1. The number of hydrogen-bond donors (Lipinski definition) is 1. The average Bonchev–Trinajstić information content (AvgIpc) is 2.22. The number of aliphatic hydroxyl groups is 1. The van der Waals surface area contributed by atoms with Gasteiger partial charge in [-0.05, 0) is 39.5 Å². The summed E-state index contributed by atoms with van der Waals surface area (Å²) in [6, 6.07) is 0. The van der Waals surface area contributed by atoms with E-state index in [-0.39, 0.29) is 11.9 Å². The Bertz CT molecular complexity index is 260. The first-order valence-corrected chi connectivity index (χ1v) is 6.26. The van der Waals surface area contributed by atoms with Crippen LogP contribution in [-0.2, 0) is 9.53 Å². The summed E-state index contributed by atoms with van der Waals surface area (Å²) >= 11 is 0. The van der Waals surface area contributed by atoms with Crippen LogP contribution in [0.15, 0.2) is 0 Å². The number of ether oxygens (including phenoxy) is 1. The highest BCUT2D eigenvalue weighted by Crippen LogP contribution is 2.46. The molecule has 0 aromatic heterocycles. The molecule has 0 heterocycles. The average molecular weight is 228 g/mol. The summed E-state index contributed by atoms with van der Waals surface area (Å²) in [5, 5.41) is 10.8. The molecule has 0 radical (unpaired) electrons. The van der Waals surface area contributed by atoms with Crippen LogP contribution in [0.4, 0.5) is 0 Å². The largest absolute Gasteiger partial charge is 0.465 e. The molecule has 0 saturated heterocycles. The van der Waals surface area contributed by atoms with Gasteiger partial charge in [0, 0.05) is 0 Å². The minimum atomic E-state index is -0.919. The molecule has 1 aliphatic rings. The molecule has 1 N–H and O–H groups in total. The quantitative estimate of drug-likeness (QED) is 0.755. The Balaban J connectivity index is 2.90. The zero-order valence-corrected chi connectivity index (χ0v) is 10.9. The summed E-state index contributed by atoms with van der Waals surface area (Å²) in [6.07, 6.45) is 3.81. The monoisotopic (exact) mass is 228 g/mol. The van der Waals surface area contributed by atoms with E-state index in [1.165, 1.54) is 0 Å². The van der Waals surface area contributed by atoms with Crippen molar-refractivity contribution in [3.8, 4) is 0 Å². The third-order valence-corrected chi connectivity index (χ3v) is 4.13. The molecule has 0 aliphatic heterocycles. The van der Waals surface area contributed by atoms with Gasteiger partial charge in [0.15, 0.2) is 0 Å². The maximum absolute atomic E-state index is 11.9. The smallest absolute Gasteiger partial charge is 0.314 e. The Kier molecular flexibility index (Phi) is 4.00. The van der Waals surface area contributed by atoms with Crippen molar-refractivity contribution in [2.75, 3.05) is 6.61 Å². The van der Waals surface area contributed by atoms with Gasteiger partial charge in [-0.1, -0.05) is 19.8 Å². The molecule has 0 aromatic rings. The molecule has 1 saturated carbocycles. The van der Waals surface area contributed by atoms with Crippen LogP contribution < -0.4 is 0 Å². The second-order valence-electron chi connectivity index (χ2n) is 5.42. The van der Waals surface area contributed by atoms with Crippen LogP contribution in [0.3, 0.4) is 0 Å². The van der Waals surface area contributed by atoms with Crippen LogP contribution in [0.25, 0.3) is 0 Å². The fourth-order valence-corrected chi connectivity index (χ4v) is 2.75. The zero-order valence-electron chi connectivity index (χ0n) is 10.9. The minimum absolute atomic E-state index is 0.153. The minimum Gasteiger partial charge on any atom is -0.465 e. The van der Waals surface area contributed by atoms with Crippen LogP contribution in [0.2, 0.25) is 0 Å². The Labute approximate surface area is 98.2 Å². The van der Waals surface area contributed by atoms with E-state index < -0.39 is 11.0 Å². The molecule has 0 aromatic carbocycles. The van der Waals surface area contributed by atoms with Crippen LogP contribution >= 0.6 is 0 Å². The fraction of sp³-hybridized carbons (Fsp3) is 0.923. The van der Waals surface area contributed by atoms with Gasteiger partial charge in [-0.3, -0.25) is 4.79 Å². The van der Waals surface area contributed by atoms with Crippen LogP contribution in [-0.4, -0.2) is 23.3 Å². The van der Waals surface area contributed by atoms with Gasteiger partial charge in [0.1, 0.15) is 0 Å². The van der Waals surface area contributed by atoms with Gasteiger partial charge >= 0.3 is 5.97 Å². The highest BCUT2D eigenvalue weighted by atomic mass is 16.5. The van der Waals surface area contributed by atoms with E-state index in [4.69, 9.17) is 4.74 Å². The second kappa shape index (κ2) is 4.74. The van der Waals surface area contributed by atoms with E-state index >= 15 is 0 Å². The maximum atomic E-state index is 11.9. The number of hydrogen-bond acceptors (Lipinski definition) is 3. The van der Waals surface area contributed by atoms with Gasteiger partial charge < -0.3 is 9.84 Å². The molecular weight excluding hydrogens is 204 g/mol. The zero-order chi connectivity index (χ0) is 12.4. The first kappa shape index (κ1) is 13.5. The third kappa shape index (κ3) is 2.10. The van der Waals surface area contributed by atoms with Crippen molar-refractivity contribution >= 4 is 5.97 Å². The van der Waals surface area contributed by atoms with Crippen molar-refractivity contribution in [3.05, 3.63) is 0 Å². The van der Waals surface area contributed by atoms with Crippen molar-refractivity contribution in [2.45, 2.75) is 59.0 Å². The molecule has 1 rings (SSSR count). The highest BCUT2D eigenvalue weighted by Gasteiger charge is 2.53. The van der Waals surface area contributed by atoms with Crippen LogP contribution in [0, 0.1) is 11.3 Å².